The van der Waals surface area contributed by atoms with Crippen molar-refractivity contribution in [2.75, 3.05) is 23.1 Å². The van der Waals surface area contributed by atoms with E-state index in [1.165, 1.54) is 36.7 Å². The van der Waals surface area contributed by atoms with E-state index >= 15 is 0 Å². The summed E-state index contributed by atoms with van der Waals surface area (Å²) < 4.78 is 27.5. The summed E-state index contributed by atoms with van der Waals surface area (Å²) >= 11 is 0. The van der Waals surface area contributed by atoms with Crippen LogP contribution in [0.2, 0.25) is 0 Å². The molecule has 0 saturated carbocycles. The molecule has 1 aromatic heterocycles. The summed E-state index contributed by atoms with van der Waals surface area (Å²) in [6.45, 7) is 5.43. The number of rotatable bonds is 7. The molecule has 0 aliphatic carbocycles. The SMILES string of the molecule is C[C@@H]1CCCN(Cc2ccc(C(=O)Nc3ccc(S(=O)(=O)Nc4cccnc4)cc3)cc2)C1. The molecule has 33 heavy (non-hydrogen) atoms. The van der Waals surface area contributed by atoms with Gasteiger partial charge in [-0.1, -0.05) is 19.1 Å². The van der Waals surface area contributed by atoms with Gasteiger partial charge in [0.05, 0.1) is 16.8 Å². The lowest BCUT2D eigenvalue weighted by molar-refractivity contribution is 0.102. The van der Waals surface area contributed by atoms with Crippen LogP contribution in [-0.4, -0.2) is 37.3 Å². The van der Waals surface area contributed by atoms with Crippen LogP contribution in [-0.2, 0) is 16.6 Å². The predicted octanol–water partition coefficient (Wildman–Crippen LogP) is 4.37. The molecule has 3 aromatic rings. The van der Waals surface area contributed by atoms with Crippen molar-refractivity contribution in [2.45, 2.75) is 31.2 Å². The fourth-order valence-corrected chi connectivity index (χ4v) is 5.05. The van der Waals surface area contributed by atoms with Gasteiger partial charge in [0.1, 0.15) is 0 Å². The van der Waals surface area contributed by atoms with Gasteiger partial charge < -0.3 is 5.32 Å². The number of aromatic nitrogens is 1. The van der Waals surface area contributed by atoms with Gasteiger partial charge >= 0.3 is 0 Å². The van der Waals surface area contributed by atoms with E-state index < -0.39 is 10.0 Å². The van der Waals surface area contributed by atoms with E-state index in [0.29, 0.717) is 16.9 Å². The molecule has 172 valence electrons. The second-order valence-corrected chi connectivity index (χ2v) is 10.2. The number of amides is 1. The zero-order valence-electron chi connectivity index (χ0n) is 18.6. The standard InChI is InChI=1S/C25H28N4O3S/c1-19-4-3-15-29(17-19)18-20-6-8-21(9-7-20)25(30)27-22-10-12-24(13-11-22)33(31,32)28-23-5-2-14-26-16-23/h2,5-14,16,19,28H,3-4,15,17-18H2,1H3,(H,27,30)/t19-/m1/s1. The Kier molecular flexibility index (Phi) is 7.05. The Bertz CT molecular complexity index is 1180. The Hall–Kier alpha value is -3.23. The van der Waals surface area contributed by atoms with Crippen LogP contribution in [0.25, 0.3) is 0 Å². The molecular weight excluding hydrogens is 436 g/mol. The molecule has 1 aliphatic rings. The number of nitrogens with zero attached hydrogens (tertiary/aromatic N) is 2. The average molecular weight is 465 g/mol. The van der Waals surface area contributed by atoms with Gasteiger partial charge in [0.15, 0.2) is 0 Å². The highest BCUT2D eigenvalue weighted by Crippen LogP contribution is 2.20. The third kappa shape index (κ3) is 6.18. The number of sulfonamides is 1. The molecule has 0 unspecified atom stereocenters. The number of carbonyl (C=O) groups excluding carboxylic acids is 1. The second kappa shape index (κ2) is 10.1. The molecule has 0 radical (unpaired) electrons. The number of benzene rings is 2. The zero-order chi connectivity index (χ0) is 23.3. The van der Waals surface area contributed by atoms with Gasteiger partial charge in [-0.05, 0) is 79.4 Å². The summed E-state index contributed by atoms with van der Waals surface area (Å²) in [5, 5.41) is 2.82. The summed E-state index contributed by atoms with van der Waals surface area (Å²) in [5.41, 5.74) is 2.65. The molecule has 2 aromatic carbocycles. The van der Waals surface area contributed by atoms with Crippen molar-refractivity contribution >= 4 is 27.3 Å². The summed E-state index contributed by atoms with van der Waals surface area (Å²) in [6, 6.07) is 17.0. The number of pyridine rings is 1. The predicted molar refractivity (Wildman–Crippen MR) is 130 cm³/mol. The Morgan fingerprint density at radius 3 is 2.48 bits per heavy atom. The van der Waals surface area contributed by atoms with E-state index in [9.17, 15) is 13.2 Å². The largest absolute Gasteiger partial charge is 0.322 e. The molecule has 2 heterocycles. The van der Waals surface area contributed by atoms with Crippen LogP contribution in [0.3, 0.4) is 0 Å². The highest BCUT2D eigenvalue weighted by atomic mass is 32.2. The number of piperidine rings is 1. The molecule has 8 heteroatoms. The number of hydrogen-bond donors (Lipinski definition) is 2. The van der Waals surface area contributed by atoms with Crippen LogP contribution in [0.4, 0.5) is 11.4 Å². The number of hydrogen-bond acceptors (Lipinski definition) is 5. The van der Waals surface area contributed by atoms with Gasteiger partial charge in [0.2, 0.25) is 0 Å². The first kappa shape index (κ1) is 22.9. The Morgan fingerprint density at radius 2 is 1.82 bits per heavy atom. The van der Waals surface area contributed by atoms with E-state index in [1.807, 2.05) is 24.3 Å². The van der Waals surface area contributed by atoms with E-state index in [0.717, 1.165) is 25.6 Å². The normalized spacial score (nSPS) is 16.8. The minimum Gasteiger partial charge on any atom is -0.322 e. The van der Waals surface area contributed by atoms with Crippen LogP contribution < -0.4 is 10.0 Å². The molecule has 1 aliphatic heterocycles. The highest BCUT2D eigenvalue weighted by molar-refractivity contribution is 7.92. The Balaban J connectivity index is 1.35. The second-order valence-electron chi connectivity index (χ2n) is 8.51. The third-order valence-corrected chi connectivity index (χ3v) is 7.10. The van der Waals surface area contributed by atoms with E-state index in [2.05, 4.69) is 26.8 Å². The third-order valence-electron chi connectivity index (χ3n) is 5.70. The van der Waals surface area contributed by atoms with Crippen molar-refractivity contribution in [1.82, 2.24) is 9.88 Å². The van der Waals surface area contributed by atoms with Gasteiger partial charge in [-0.3, -0.25) is 19.4 Å². The summed E-state index contributed by atoms with van der Waals surface area (Å²) in [7, 11) is -3.74. The number of nitrogens with one attached hydrogen (secondary N) is 2. The van der Waals surface area contributed by atoms with Gasteiger partial charge in [-0.15, -0.1) is 0 Å². The molecule has 4 rings (SSSR count). The first-order valence-corrected chi connectivity index (χ1v) is 12.5. The van der Waals surface area contributed by atoms with Crippen molar-refractivity contribution in [3.63, 3.8) is 0 Å². The maximum atomic E-state index is 12.6. The van der Waals surface area contributed by atoms with Crippen molar-refractivity contribution in [3.05, 3.63) is 84.2 Å². The Morgan fingerprint density at radius 1 is 1.06 bits per heavy atom. The lowest BCUT2D eigenvalue weighted by Crippen LogP contribution is -2.33. The van der Waals surface area contributed by atoms with Crippen LogP contribution in [0.5, 0.6) is 0 Å². The fourth-order valence-electron chi connectivity index (χ4n) is 4.01. The molecular formula is C25H28N4O3S. The van der Waals surface area contributed by atoms with Crippen LogP contribution in [0.1, 0.15) is 35.7 Å². The molecule has 7 nitrogen and oxygen atoms in total. The molecule has 1 amide bonds. The fraction of sp³-hybridized carbons (Fsp3) is 0.280. The summed E-state index contributed by atoms with van der Waals surface area (Å²) in [5.74, 6) is 0.494. The molecule has 0 spiro atoms. The monoisotopic (exact) mass is 464 g/mol. The number of anilines is 2. The van der Waals surface area contributed by atoms with Crippen molar-refractivity contribution in [1.29, 1.82) is 0 Å². The van der Waals surface area contributed by atoms with Crippen molar-refractivity contribution < 1.29 is 13.2 Å². The quantitative estimate of drug-likeness (QED) is 0.542. The molecule has 1 atom stereocenters. The lowest BCUT2D eigenvalue weighted by Gasteiger charge is -2.30. The van der Waals surface area contributed by atoms with Gasteiger partial charge in [-0.2, -0.15) is 0 Å². The summed E-state index contributed by atoms with van der Waals surface area (Å²) in [4.78, 5) is 19.1. The van der Waals surface area contributed by atoms with Crippen molar-refractivity contribution in [3.8, 4) is 0 Å². The zero-order valence-corrected chi connectivity index (χ0v) is 19.4. The van der Waals surface area contributed by atoms with Crippen LogP contribution in [0.15, 0.2) is 78.0 Å². The van der Waals surface area contributed by atoms with Crippen molar-refractivity contribution in [2.24, 2.45) is 5.92 Å². The maximum Gasteiger partial charge on any atom is 0.261 e. The minimum atomic E-state index is -3.74. The maximum absolute atomic E-state index is 12.6. The van der Waals surface area contributed by atoms with Gasteiger partial charge in [0, 0.05) is 30.5 Å². The molecule has 0 bridgehead atoms. The van der Waals surface area contributed by atoms with E-state index in [4.69, 9.17) is 0 Å². The highest BCUT2D eigenvalue weighted by Gasteiger charge is 2.17. The smallest absolute Gasteiger partial charge is 0.261 e. The van der Waals surface area contributed by atoms with E-state index in [1.54, 1.807) is 30.5 Å². The molecule has 1 fully saturated rings. The molecule has 2 N–H and O–H groups in total. The first-order valence-electron chi connectivity index (χ1n) is 11.0. The first-order chi connectivity index (χ1) is 15.9. The summed E-state index contributed by atoms with van der Waals surface area (Å²) in [6.07, 6.45) is 5.53. The van der Waals surface area contributed by atoms with Gasteiger partial charge in [-0.25, -0.2) is 8.42 Å². The van der Waals surface area contributed by atoms with Crippen LogP contribution in [0, 0.1) is 5.92 Å². The lowest BCUT2D eigenvalue weighted by atomic mass is 9.99. The van der Waals surface area contributed by atoms with E-state index in [-0.39, 0.29) is 10.8 Å². The van der Waals surface area contributed by atoms with Gasteiger partial charge in [0.25, 0.3) is 15.9 Å². The van der Waals surface area contributed by atoms with Crippen LogP contribution >= 0.6 is 0 Å². The molecule has 1 saturated heterocycles. The Labute approximate surface area is 194 Å². The number of carbonyl (C=O) groups is 1. The minimum absolute atomic E-state index is 0.0979. The topological polar surface area (TPSA) is 91.4 Å². The average Bonchev–Trinajstić information content (AvgIpc) is 2.80. The number of likely N-dealkylation sites (tertiary alicyclic amines) is 1.